The second-order valence-electron chi connectivity index (χ2n) is 5.55. The van der Waals surface area contributed by atoms with E-state index in [9.17, 15) is 0 Å². The molecule has 1 heterocycles. The molecule has 1 atom stereocenters. The summed E-state index contributed by atoms with van der Waals surface area (Å²) in [6, 6.07) is 0. The van der Waals surface area contributed by atoms with Gasteiger partial charge in [-0.05, 0) is 32.5 Å². The topological polar surface area (TPSA) is 91.7 Å². The summed E-state index contributed by atoms with van der Waals surface area (Å²) in [7, 11) is 4.08. The van der Waals surface area contributed by atoms with E-state index in [2.05, 4.69) is 20.5 Å². The maximum Gasteiger partial charge on any atom is 0.196 e. The van der Waals surface area contributed by atoms with Gasteiger partial charge in [-0.2, -0.15) is 0 Å². The molecule has 0 aromatic heterocycles. The Bertz CT molecular complexity index is 358. The second kappa shape index (κ2) is 5.16. The van der Waals surface area contributed by atoms with Gasteiger partial charge in [0.2, 0.25) is 0 Å². The molecule has 0 aromatic rings. The largest absolute Gasteiger partial charge is 0.370 e. The molecule has 2 rings (SSSR count). The molecule has 1 aliphatic heterocycles. The fourth-order valence-corrected chi connectivity index (χ4v) is 2.11. The van der Waals surface area contributed by atoms with Gasteiger partial charge in [-0.1, -0.05) is 12.8 Å². The first-order valence-electron chi connectivity index (χ1n) is 6.49. The minimum absolute atomic E-state index is 0.396. The van der Waals surface area contributed by atoms with Crippen LogP contribution >= 0.6 is 0 Å². The van der Waals surface area contributed by atoms with Crippen molar-refractivity contribution in [2.75, 3.05) is 27.2 Å². The van der Waals surface area contributed by atoms with Gasteiger partial charge in [0.05, 0.1) is 0 Å². The van der Waals surface area contributed by atoms with E-state index >= 15 is 0 Å². The zero-order chi connectivity index (χ0) is 13.2. The maximum atomic E-state index is 6.28. The lowest BCUT2D eigenvalue weighted by Gasteiger charge is -2.29. The van der Waals surface area contributed by atoms with Crippen LogP contribution in [0.4, 0.5) is 0 Å². The first-order valence-corrected chi connectivity index (χ1v) is 6.49. The summed E-state index contributed by atoms with van der Waals surface area (Å²) in [5.41, 5.74) is 11.4. The minimum Gasteiger partial charge on any atom is -0.370 e. The van der Waals surface area contributed by atoms with Crippen LogP contribution in [0.1, 0.15) is 19.3 Å². The van der Waals surface area contributed by atoms with Crippen LogP contribution in [0.15, 0.2) is 16.9 Å². The van der Waals surface area contributed by atoms with Crippen LogP contribution in [0.5, 0.6) is 0 Å². The predicted molar refractivity (Wildman–Crippen MR) is 73.7 cm³/mol. The van der Waals surface area contributed by atoms with E-state index in [0.29, 0.717) is 11.9 Å². The summed E-state index contributed by atoms with van der Waals surface area (Å²) in [4.78, 5) is 6.44. The van der Waals surface area contributed by atoms with Crippen LogP contribution in [-0.2, 0) is 0 Å². The van der Waals surface area contributed by atoms with Crippen LogP contribution in [0.25, 0.3) is 0 Å². The Hall–Kier alpha value is -1.27. The smallest absolute Gasteiger partial charge is 0.196 e. The van der Waals surface area contributed by atoms with E-state index in [1.54, 1.807) is 0 Å². The van der Waals surface area contributed by atoms with Gasteiger partial charge < -0.3 is 27.0 Å². The van der Waals surface area contributed by atoms with Crippen molar-refractivity contribution < 1.29 is 0 Å². The fourth-order valence-electron chi connectivity index (χ4n) is 2.11. The van der Waals surface area contributed by atoms with E-state index in [1.807, 2.05) is 20.2 Å². The number of likely N-dealkylation sites (N-methyl/N-ethyl adjacent to an activating group) is 1. The monoisotopic (exact) mass is 252 g/mol. The van der Waals surface area contributed by atoms with E-state index in [0.717, 1.165) is 25.3 Å². The average molecular weight is 252 g/mol. The number of guanidine groups is 1. The summed E-state index contributed by atoms with van der Waals surface area (Å²) in [6.45, 7) is 1.80. The number of nitrogens with two attached hydrogens (primary N) is 2. The molecule has 0 aromatic carbocycles. The van der Waals surface area contributed by atoms with Gasteiger partial charge in [-0.3, -0.25) is 0 Å². The van der Waals surface area contributed by atoms with Crippen molar-refractivity contribution in [1.29, 1.82) is 0 Å². The van der Waals surface area contributed by atoms with Crippen molar-refractivity contribution in [3.8, 4) is 0 Å². The third kappa shape index (κ3) is 3.89. The van der Waals surface area contributed by atoms with Crippen molar-refractivity contribution in [3.05, 3.63) is 11.9 Å². The molecule has 2 aliphatic rings. The molecule has 102 valence electrons. The molecule has 18 heavy (non-hydrogen) atoms. The number of rotatable bonds is 6. The molecule has 6 heteroatoms. The molecule has 0 saturated heterocycles. The number of nitrogens with one attached hydrogen (secondary N) is 2. The Morgan fingerprint density at radius 2 is 2.28 bits per heavy atom. The first-order chi connectivity index (χ1) is 8.47. The molecule has 6 nitrogen and oxygen atoms in total. The Labute approximate surface area is 108 Å². The highest BCUT2D eigenvalue weighted by Gasteiger charge is 2.34. The van der Waals surface area contributed by atoms with Crippen LogP contribution in [0, 0.1) is 5.92 Å². The SMILES string of the molecule is CN(C)CCNC1=CC(N)(CC2CC2)N=C(N)N1. The highest BCUT2D eigenvalue weighted by atomic mass is 15.2. The quantitative estimate of drug-likeness (QED) is 0.504. The lowest BCUT2D eigenvalue weighted by Crippen LogP contribution is -2.50. The summed E-state index contributed by atoms with van der Waals surface area (Å²) >= 11 is 0. The van der Waals surface area contributed by atoms with Gasteiger partial charge in [0, 0.05) is 13.1 Å². The Morgan fingerprint density at radius 3 is 2.89 bits per heavy atom. The van der Waals surface area contributed by atoms with Crippen LogP contribution in [0.2, 0.25) is 0 Å². The number of aliphatic imine (C=N–C) groups is 1. The van der Waals surface area contributed by atoms with Crippen molar-refractivity contribution in [3.63, 3.8) is 0 Å². The first kappa shape index (κ1) is 13.2. The molecular weight excluding hydrogens is 228 g/mol. The summed E-state index contributed by atoms with van der Waals surface area (Å²) in [6.07, 6.45) is 5.36. The van der Waals surface area contributed by atoms with Crippen molar-refractivity contribution in [2.24, 2.45) is 22.4 Å². The number of hydrogen-bond donors (Lipinski definition) is 4. The Morgan fingerprint density at radius 1 is 1.56 bits per heavy atom. The van der Waals surface area contributed by atoms with Gasteiger partial charge in [-0.15, -0.1) is 0 Å². The number of hydrogen-bond acceptors (Lipinski definition) is 6. The molecule has 1 aliphatic carbocycles. The van der Waals surface area contributed by atoms with Gasteiger partial charge in [0.15, 0.2) is 5.96 Å². The van der Waals surface area contributed by atoms with E-state index < -0.39 is 5.66 Å². The predicted octanol–water partition coefficient (Wildman–Crippen LogP) is -0.648. The van der Waals surface area contributed by atoms with Gasteiger partial charge >= 0.3 is 0 Å². The summed E-state index contributed by atoms with van der Waals surface area (Å²) in [5.74, 6) is 1.98. The zero-order valence-electron chi connectivity index (χ0n) is 11.2. The average Bonchev–Trinajstić information content (AvgIpc) is 2.98. The van der Waals surface area contributed by atoms with E-state index in [-0.39, 0.29) is 0 Å². The standard InChI is InChI=1S/C12H24N6/c1-18(2)6-5-15-10-8-12(14,7-9-3-4-9)17-11(13)16-10/h8-9,15H,3-7,14H2,1-2H3,(H3,13,16,17). The lowest BCUT2D eigenvalue weighted by atomic mass is 10.0. The zero-order valence-corrected chi connectivity index (χ0v) is 11.2. The molecule has 0 spiro atoms. The molecule has 6 N–H and O–H groups in total. The molecular formula is C12H24N6. The molecule has 0 bridgehead atoms. The van der Waals surface area contributed by atoms with Gasteiger partial charge in [-0.25, -0.2) is 4.99 Å². The normalized spacial score (nSPS) is 27.6. The minimum atomic E-state index is -0.642. The van der Waals surface area contributed by atoms with Crippen LogP contribution in [0.3, 0.4) is 0 Å². The van der Waals surface area contributed by atoms with Crippen molar-refractivity contribution in [1.82, 2.24) is 15.5 Å². The highest BCUT2D eigenvalue weighted by molar-refractivity contribution is 5.81. The molecule has 1 unspecified atom stereocenters. The second-order valence-corrected chi connectivity index (χ2v) is 5.55. The molecule has 0 radical (unpaired) electrons. The Balaban J connectivity index is 1.92. The number of nitrogens with zero attached hydrogens (tertiary/aromatic N) is 2. The molecule has 1 fully saturated rings. The fraction of sp³-hybridized carbons (Fsp3) is 0.750. The molecule has 0 amide bonds. The van der Waals surface area contributed by atoms with Crippen molar-refractivity contribution >= 4 is 5.96 Å². The van der Waals surface area contributed by atoms with E-state index in [1.165, 1.54) is 12.8 Å². The van der Waals surface area contributed by atoms with Crippen LogP contribution in [-0.4, -0.2) is 43.7 Å². The summed E-state index contributed by atoms with van der Waals surface area (Å²) in [5, 5.41) is 6.32. The van der Waals surface area contributed by atoms with Gasteiger partial charge in [0.1, 0.15) is 11.5 Å². The Kier molecular flexibility index (Phi) is 3.77. The third-order valence-electron chi connectivity index (χ3n) is 3.17. The third-order valence-corrected chi connectivity index (χ3v) is 3.17. The highest BCUT2D eigenvalue weighted by Crippen LogP contribution is 2.37. The van der Waals surface area contributed by atoms with E-state index in [4.69, 9.17) is 11.5 Å². The molecule has 1 saturated carbocycles. The maximum absolute atomic E-state index is 6.28. The van der Waals surface area contributed by atoms with Gasteiger partial charge in [0.25, 0.3) is 0 Å². The summed E-state index contributed by atoms with van der Waals surface area (Å²) < 4.78 is 0. The van der Waals surface area contributed by atoms with Crippen molar-refractivity contribution in [2.45, 2.75) is 24.9 Å². The van der Waals surface area contributed by atoms with Crippen LogP contribution < -0.4 is 22.1 Å². The lowest BCUT2D eigenvalue weighted by molar-refractivity contribution is 0.403.